The molecule has 2 atom stereocenters. The summed E-state index contributed by atoms with van der Waals surface area (Å²) in [6, 6.07) is 10.2. The van der Waals surface area contributed by atoms with Crippen molar-refractivity contribution in [3.8, 4) is 34.6 Å². The summed E-state index contributed by atoms with van der Waals surface area (Å²) in [5.74, 6) is 1.08. The van der Waals surface area contributed by atoms with Crippen molar-refractivity contribution in [2.75, 3.05) is 27.9 Å². The van der Waals surface area contributed by atoms with Crippen LogP contribution >= 0.6 is 0 Å². The second-order valence-corrected chi connectivity index (χ2v) is 12.9. The van der Waals surface area contributed by atoms with Gasteiger partial charge in [0.15, 0.2) is 27.3 Å². The number of rotatable bonds is 13. The topological polar surface area (TPSA) is 161 Å². The van der Waals surface area contributed by atoms with Gasteiger partial charge in [-0.3, -0.25) is 4.57 Å². The number of nitrogens with zero attached hydrogens (tertiary/aromatic N) is 6. The summed E-state index contributed by atoms with van der Waals surface area (Å²) >= 11 is 0. The van der Waals surface area contributed by atoms with Crippen LogP contribution in [0.5, 0.6) is 17.4 Å². The van der Waals surface area contributed by atoms with Gasteiger partial charge in [0.1, 0.15) is 41.3 Å². The third-order valence-electron chi connectivity index (χ3n) is 6.51. The first kappa shape index (κ1) is 31.8. The highest BCUT2D eigenvalue weighted by atomic mass is 32.2. The average molecular weight is 613 g/mol. The number of methoxy groups -OCH3 is 3. The monoisotopic (exact) mass is 612 g/mol. The zero-order chi connectivity index (χ0) is 31.4. The Morgan fingerprint density at radius 3 is 2.19 bits per heavy atom. The summed E-state index contributed by atoms with van der Waals surface area (Å²) in [5, 5.41) is 17.7. The molecule has 0 saturated heterocycles. The van der Waals surface area contributed by atoms with Crippen LogP contribution in [0.25, 0.3) is 17.2 Å². The minimum atomic E-state index is -3.94. The predicted molar refractivity (Wildman–Crippen MR) is 158 cm³/mol. The molecule has 0 amide bonds. The second kappa shape index (κ2) is 13.0. The minimum Gasteiger partial charge on any atom is -0.494 e. The van der Waals surface area contributed by atoms with Gasteiger partial charge in [-0.1, -0.05) is 12.1 Å². The Morgan fingerprint density at radius 1 is 0.977 bits per heavy atom. The van der Waals surface area contributed by atoms with Crippen LogP contribution in [0.15, 0.2) is 48.8 Å². The average Bonchev–Trinajstić information content (AvgIpc) is 3.38. The highest BCUT2D eigenvalue weighted by Gasteiger charge is 2.35. The van der Waals surface area contributed by atoms with Crippen molar-refractivity contribution in [2.24, 2.45) is 0 Å². The van der Waals surface area contributed by atoms with Crippen molar-refractivity contribution in [3.05, 3.63) is 66.0 Å². The molecule has 4 rings (SSSR count). The molecule has 1 aromatic carbocycles. The fraction of sp³-hybridized carbons (Fsp3) is 0.414. The molecule has 4 aromatic rings. The largest absolute Gasteiger partial charge is 0.494 e. The van der Waals surface area contributed by atoms with E-state index in [1.54, 1.807) is 74.1 Å². The molecular formula is C29H36N6O7S. The number of hydrogen-bond donors (Lipinski definition) is 1. The van der Waals surface area contributed by atoms with Crippen molar-refractivity contribution >= 4 is 9.84 Å². The Morgan fingerprint density at radius 2 is 1.60 bits per heavy atom. The van der Waals surface area contributed by atoms with Crippen molar-refractivity contribution < 1.29 is 32.5 Å². The van der Waals surface area contributed by atoms with Gasteiger partial charge in [0.05, 0.1) is 25.1 Å². The van der Waals surface area contributed by atoms with Crippen LogP contribution in [-0.2, 0) is 20.3 Å². The minimum absolute atomic E-state index is 0.00319. The van der Waals surface area contributed by atoms with Gasteiger partial charge in [-0.15, -0.1) is 10.2 Å². The molecule has 3 aromatic heterocycles. The first-order chi connectivity index (χ1) is 20.4. The van der Waals surface area contributed by atoms with Crippen molar-refractivity contribution in [1.29, 1.82) is 0 Å². The SMILES string of the molecule is COc1cccc(OC)c1-n1c(CS(=O)(=O)[C@@H](C)[C@H](OC)c2ncc(C)cn2)nnc1-c1cccc(OCC(C)(C)O)n1. The molecule has 0 fully saturated rings. The summed E-state index contributed by atoms with van der Waals surface area (Å²) in [4.78, 5) is 13.1. The molecule has 230 valence electrons. The van der Waals surface area contributed by atoms with Gasteiger partial charge < -0.3 is 24.1 Å². The van der Waals surface area contributed by atoms with E-state index >= 15 is 0 Å². The van der Waals surface area contributed by atoms with Crippen LogP contribution in [-0.4, -0.2) is 82.0 Å². The van der Waals surface area contributed by atoms with E-state index in [2.05, 4.69) is 25.1 Å². The molecule has 0 aliphatic carbocycles. The number of aliphatic hydroxyl groups is 1. The molecule has 0 spiro atoms. The van der Waals surface area contributed by atoms with Gasteiger partial charge >= 0.3 is 0 Å². The van der Waals surface area contributed by atoms with Crippen LogP contribution in [0.1, 0.15) is 44.1 Å². The van der Waals surface area contributed by atoms with Crippen LogP contribution in [0.4, 0.5) is 0 Å². The fourth-order valence-corrected chi connectivity index (χ4v) is 5.71. The lowest BCUT2D eigenvalue weighted by Gasteiger charge is -2.22. The van der Waals surface area contributed by atoms with Gasteiger partial charge in [-0.2, -0.15) is 0 Å². The maximum Gasteiger partial charge on any atom is 0.213 e. The molecule has 0 bridgehead atoms. The molecule has 0 aliphatic rings. The van der Waals surface area contributed by atoms with Gasteiger partial charge in [-0.05, 0) is 51.5 Å². The van der Waals surface area contributed by atoms with E-state index in [9.17, 15) is 13.5 Å². The van der Waals surface area contributed by atoms with E-state index in [-0.39, 0.29) is 30.0 Å². The molecule has 1 N–H and O–H groups in total. The number of aromatic nitrogens is 6. The maximum atomic E-state index is 13.9. The first-order valence-corrected chi connectivity index (χ1v) is 15.1. The summed E-state index contributed by atoms with van der Waals surface area (Å²) in [6.45, 7) is 6.63. The first-order valence-electron chi connectivity index (χ1n) is 13.4. The molecule has 0 saturated carbocycles. The zero-order valence-electron chi connectivity index (χ0n) is 25.2. The number of hydrogen-bond acceptors (Lipinski definition) is 12. The van der Waals surface area contributed by atoms with Gasteiger partial charge in [0, 0.05) is 25.6 Å². The normalized spacial score (nSPS) is 13.4. The molecule has 0 unspecified atom stereocenters. The van der Waals surface area contributed by atoms with E-state index in [0.29, 0.717) is 22.9 Å². The molecule has 43 heavy (non-hydrogen) atoms. The summed E-state index contributed by atoms with van der Waals surface area (Å²) in [7, 11) is 0.468. The predicted octanol–water partition coefficient (Wildman–Crippen LogP) is 3.29. The molecule has 13 nitrogen and oxygen atoms in total. The standard InChI is InChI=1S/C29H36N6O7S/c1-18-14-30-27(31-15-18)26(41-7)19(2)43(37,38)16-23-33-34-28(20-10-8-13-24(32-20)42-17-29(3,4)36)35(23)25-21(39-5)11-9-12-22(25)40-6/h8-15,19,26,36H,16-17H2,1-7H3/t19-,26-/m0/s1. The third-order valence-corrected chi connectivity index (χ3v) is 8.55. The number of para-hydroxylation sites is 1. The summed E-state index contributed by atoms with van der Waals surface area (Å²) < 4.78 is 51.8. The van der Waals surface area contributed by atoms with Crippen molar-refractivity contribution in [3.63, 3.8) is 0 Å². The summed E-state index contributed by atoms with van der Waals surface area (Å²) in [6.07, 6.45) is 2.29. The number of aryl methyl sites for hydroxylation is 1. The van der Waals surface area contributed by atoms with Gasteiger partial charge in [0.2, 0.25) is 5.88 Å². The van der Waals surface area contributed by atoms with Crippen LogP contribution < -0.4 is 14.2 Å². The summed E-state index contributed by atoms with van der Waals surface area (Å²) in [5.41, 5.74) is 0.488. The Bertz CT molecular complexity index is 1630. The lowest BCUT2D eigenvalue weighted by Crippen LogP contribution is -2.30. The fourth-order valence-electron chi connectivity index (χ4n) is 4.29. The van der Waals surface area contributed by atoms with Gasteiger partial charge in [-0.25, -0.2) is 23.4 Å². The third kappa shape index (κ3) is 7.27. The van der Waals surface area contributed by atoms with E-state index in [1.807, 2.05) is 6.92 Å². The molecule has 14 heteroatoms. The number of ether oxygens (including phenoxy) is 4. The van der Waals surface area contributed by atoms with E-state index < -0.39 is 32.5 Å². The van der Waals surface area contributed by atoms with E-state index in [4.69, 9.17) is 18.9 Å². The van der Waals surface area contributed by atoms with E-state index in [0.717, 1.165) is 5.56 Å². The van der Waals surface area contributed by atoms with Crippen molar-refractivity contribution in [1.82, 2.24) is 29.7 Å². The Kier molecular flexibility index (Phi) is 9.62. The number of benzene rings is 1. The zero-order valence-corrected chi connectivity index (χ0v) is 26.0. The highest BCUT2D eigenvalue weighted by Crippen LogP contribution is 2.37. The van der Waals surface area contributed by atoms with Crippen LogP contribution in [0, 0.1) is 6.92 Å². The van der Waals surface area contributed by atoms with Crippen LogP contribution in [0.2, 0.25) is 0 Å². The van der Waals surface area contributed by atoms with Crippen LogP contribution in [0.3, 0.4) is 0 Å². The second-order valence-electron chi connectivity index (χ2n) is 10.5. The molecule has 3 heterocycles. The Balaban J connectivity index is 1.83. The quantitative estimate of drug-likeness (QED) is 0.235. The Labute approximate surface area is 250 Å². The van der Waals surface area contributed by atoms with E-state index in [1.165, 1.54) is 21.3 Å². The number of pyridine rings is 1. The number of sulfone groups is 1. The Hall–Kier alpha value is -4.14. The van der Waals surface area contributed by atoms with Crippen molar-refractivity contribution in [2.45, 2.75) is 50.4 Å². The lowest BCUT2D eigenvalue weighted by atomic mass is 10.2. The lowest BCUT2D eigenvalue weighted by molar-refractivity contribution is 0.0269. The smallest absolute Gasteiger partial charge is 0.213 e. The molecule has 0 radical (unpaired) electrons. The molecular weight excluding hydrogens is 576 g/mol. The maximum absolute atomic E-state index is 13.9. The van der Waals surface area contributed by atoms with Gasteiger partial charge in [0.25, 0.3) is 0 Å². The highest BCUT2D eigenvalue weighted by molar-refractivity contribution is 7.91. The molecule has 0 aliphatic heterocycles.